The van der Waals surface area contributed by atoms with E-state index in [-0.39, 0.29) is 11.8 Å². The molecule has 0 spiro atoms. The first kappa shape index (κ1) is 14.1. The van der Waals surface area contributed by atoms with Gasteiger partial charge in [0.25, 0.3) is 0 Å². The number of hydrogen-bond acceptors (Lipinski definition) is 3. The Morgan fingerprint density at radius 3 is 2.60 bits per heavy atom. The molecule has 1 N–H and O–H groups in total. The molecule has 2 rings (SSSR count). The molecule has 3 nitrogen and oxygen atoms in total. The third kappa shape index (κ3) is 3.57. The van der Waals surface area contributed by atoms with Crippen molar-refractivity contribution in [2.24, 2.45) is 0 Å². The summed E-state index contributed by atoms with van der Waals surface area (Å²) in [5, 5.41) is 3.15. The Hall–Kier alpha value is -2.36. The van der Waals surface area contributed by atoms with Crippen molar-refractivity contribution in [3.8, 4) is 0 Å². The first-order chi connectivity index (χ1) is 9.70. The SMILES string of the molecule is COC(=O)C(CNc1ccccc1)c1cccc(F)c1. The summed E-state index contributed by atoms with van der Waals surface area (Å²) in [5.74, 6) is -1.30. The number of ether oxygens (including phenoxy) is 1. The molecule has 0 aliphatic heterocycles. The average Bonchev–Trinajstić information content (AvgIpc) is 2.48. The van der Waals surface area contributed by atoms with Crippen LogP contribution in [0.5, 0.6) is 0 Å². The number of methoxy groups -OCH3 is 1. The van der Waals surface area contributed by atoms with E-state index in [0.29, 0.717) is 12.1 Å². The van der Waals surface area contributed by atoms with Crippen molar-refractivity contribution in [1.82, 2.24) is 0 Å². The van der Waals surface area contributed by atoms with Crippen molar-refractivity contribution in [3.05, 3.63) is 66.0 Å². The molecule has 1 atom stereocenters. The van der Waals surface area contributed by atoms with E-state index < -0.39 is 5.92 Å². The van der Waals surface area contributed by atoms with Crippen LogP contribution in [0.15, 0.2) is 54.6 Å². The van der Waals surface area contributed by atoms with E-state index >= 15 is 0 Å². The second-order valence-corrected chi connectivity index (χ2v) is 4.38. The van der Waals surface area contributed by atoms with E-state index in [9.17, 15) is 9.18 Å². The minimum Gasteiger partial charge on any atom is -0.468 e. The maximum Gasteiger partial charge on any atom is 0.314 e. The Balaban J connectivity index is 2.14. The lowest BCUT2D eigenvalue weighted by molar-refractivity contribution is -0.142. The van der Waals surface area contributed by atoms with Gasteiger partial charge >= 0.3 is 5.97 Å². The van der Waals surface area contributed by atoms with Crippen molar-refractivity contribution in [2.75, 3.05) is 19.0 Å². The van der Waals surface area contributed by atoms with Crippen LogP contribution in [0, 0.1) is 5.82 Å². The van der Waals surface area contributed by atoms with Crippen LogP contribution in [0.1, 0.15) is 11.5 Å². The third-order valence-electron chi connectivity index (χ3n) is 3.02. The minimum absolute atomic E-state index is 0.347. The van der Waals surface area contributed by atoms with Crippen LogP contribution >= 0.6 is 0 Å². The number of carbonyl (C=O) groups excluding carboxylic acids is 1. The lowest BCUT2D eigenvalue weighted by Crippen LogP contribution is -2.22. The Morgan fingerprint density at radius 1 is 1.20 bits per heavy atom. The average molecular weight is 273 g/mol. The Labute approximate surface area is 117 Å². The fourth-order valence-electron chi connectivity index (χ4n) is 1.98. The molecule has 0 aliphatic carbocycles. The van der Waals surface area contributed by atoms with Gasteiger partial charge in [-0.2, -0.15) is 0 Å². The third-order valence-corrected chi connectivity index (χ3v) is 3.02. The monoisotopic (exact) mass is 273 g/mol. The van der Waals surface area contributed by atoms with Gasteiger partial charge in [0.2, 0.25) is 0 Å². The molecular formula is C16H16FNO2. The number of rotatable bonds is 5. The first-order valence-electron chi connectivity index (χ1n) is 6.33. The van der Waals surface area contributed by atoms with Crippen molar-refractivity contribution >= 4 is 11.7 Å². The van der Waals surface area contributed by atoms with Crippen LogP contribution in [-0.4, -0.2) is 19.6 Å². The number of anilines is 1. The summed E-state index contributed by atoms with van der Waals surface area (Å²) in [6.45, 7) is 0.347. The number of para-hydroxylation sites is 1. The van der Waals surface area contributed by atoms with E-state index in [2.05, 4.69) is 5.32 Å². The van der Waals surface area contributed by atoms with Crippen LogP contribution in [0.2, 0.25) is 0 Å². The van der Waals surface area contributed by atoms with E-state index in [0.717, 1.165) is 5.69 Å². The summed E-state index contributed by atoms with van der Waals surface area (Å²) in [5.41, 5.74) is 1.50. The van der Waals surface area contributed by atoms with Crippen LogP contribution in [0.3, 0.4) is 0 Å². The van der Waals surface area contributed by atoms with Gasteiger partial charge in [-0.1, -0.05) is 30.3 Å². The largest absolute Gasteiger partial charge is 0.468 e. The van der Waals surface area contributed by atoms with Crippen LogP contribution < -0.4 is 5.32 Å². The predicted molar refractivity (Wildman–Crippen MR) is 76.1 cm³/mol. The number of benzene rings is 2. The molecule has 0 aliphatic rings. The maximum atomic E-state index is 13.3. The van der Waals surface area contributed by atoms with Crippen molar-refractivity contribution in [1.29, 1.82) is 0 Å². The molecule has 0 amide bonds. The molecule has 1 unspecified atom stereocenters. The second kappa shape index (κ2) is 6.70. The van der Waals surface area contributed by atoms with Gasteiger partial charge in [0.15, 0.2) is 0 Å². The summed E-state index contributed by atoms with van der Waals surface area (Å²) in [4.78, 5) is 11.9. The molecule has 0 fully saturated rings. The Bertz CT molecular complexity index is 572. The standard InChI is InChI=1S/C16H16FNO2/c1-20-16(19)15(12-6-5-7-13(17)10-12)11-18-14-8-3-2-4-9-14/h2-10,15,18H,11H2,1H3. The topological polar surface area (TPSA) is 38.3 Å². The second-order valence-electron chi connectivity index (χ2n) is 4.38. The first-order valence-corrected chi connectivity index (χ1v) is 6.33. The zero-order valence-electron chi connectivity index (χ0n) is 11.2. The van der Waals surface area contributed by atoms with Crippen molar-refractivity contribution in [2.45, 2.75) is 5.92 Å². The Kier molecular flexibility index (Phi) is 4.71. The van der Waals surface area contributed by atoms with Crippen LogP contribution in [0.25, 0.3) is 0 Å². The molecule has 0 saturated carbocycles. The van der Waals surface area contributed by atoms with Gasteiger partial charge in [0.1, 0.15) is 5.82 Å². The van der Waals surface area contributed by atoms with Gasteiger partial charge < -0.3 is 10.1 Å². The summed E-state index contributed by atoms with van der Waals surface area (Å²) >= 11 is 0. The van der Waals surface area contributed by atoms with Gasteiger partial charge in [-0.05, 0) is 29.8 Å². The fourth-order valence-corrected chi connectivity index (χ4v) is 1.98. The molecular weight excluding hydrogens is 257 g/mol. The molecule has 0 saturated heterocycles. The summed E-state index contributed by atoms with van der Waals surface area (Å²) in [6.07, 6.45) is 0. The normalized spacial score (nSPS) is 11.7. The fraction of sp³-hybridized carbons (Fsp3) is 0.188. The number of carbonyl (C=O) groups is 1. The quantitative estimate of drug-likeness (QED) is 0.850. The molecule has 4 heteroatoms. The molecule has 104 valence electrons. The van der Waals surface area contributed by atoms with Crippen LogP contribution in [-0.2, 0) is 9.53 Å². The smallest absolute Gasteiger partial charge is 0.314 e. The zero-order valence-corrected chi connectivity index (χ0v) is 11.2. The van der Waals surface area contributed by atoms with E-state index in [1.807, 2.05) is 30.3 Å². The summed E-state index contributed by atoms with van der Waals surface area (Å²) < 4.78 is 18.1. The summed E-state index contributed by atoms with van der Waals surface area (Å²) in [7, 11) is 1.33. The summed E-state index contributed by atoms with van der Waals surface area (Å²) in [6, 6.07) is 15.5. The van der Waals surface area contributed by atoms with Gasteiger partial charge in [0, 0.05) is 12.2 Å². The molecule has 2 aromatic rings. The number of nitrogens with one attached hydrogen (secondary N) is 1. The molecule has 0 bridgehead atoms. The molecule has 2 aromatic carbocycles. The highest BCUT2D eigenvalue weighted by Crippen LogP contribution is 2.19. The van der Waals surface area contributed by atoms with E-state index in [1.165, 1.54) is 19.2 Å². The minimum atomic E-state index is -0.545. The molecule has 0 aromatic heterocycles. The van der Waals surface area contributed by atoms with Gasteiger partial charge in [-0.25, -0.2) is 4.39 Å². The van der Waals surface area contributed by atoms with Crippen molar-refractivity contribution in [3.63, 3.8) is 0 Å². The molecule has 20 heavy (non-hydrogen) atoms. The molecule has 0 heterocycles. The number of esters is 1. The van der Waals surface area contributed by atoms with Crippen molar-refractivity contribution < 1.29 is 13.9 Å². The Morgan fingerprint density at radius 2 is 1.95 bits per heavy atom. The highest BCUT2D eigenvalue weighted by atomic mass is 19.1. The highest BCUT2D eigenvalue weighted by molar-refractivity contribution is 5.78. The highest BCUT2D eigenvalue weighted by Gasteiger charge is 2.21. The zero-order chi connectivity index (χ0) is 14.4. The lowest BCUT2D eigenvalue weighted by atomic mass is 9.99. The maximum absolute atomic E-state index is 13.3. The van der Waals surface area contributed by atoms with E-state index in [1.54, 1.807) is 12.1 Å². The van der Waals surface area contributed by atoms with Gasteiger partial charge in [0.05, 0.1) is 13.0 Å². The number of halogens is 1. The predicted octanol–water partition coefficient (Wildman–Crippen LogP) is 3.19. The van der Waals surface area contributed by atoms with Gasteiger partial charge in [-0.3, -0.25) is 4.79 Å². The number of hydrogen-bond donors (Lipinski definition) is 1. The lowest BCUT2D eigenvalue weighted by Gasteiger charge is -2.16. The van der Waals surface area contributed by atoms with E-state index in [4.69, 9.17) is 4.74 Å². The van der Waals surface area contributed by atoms with Gasteiger partial charge in [-0.15, -0.1) is 0 Å². The molecule has 0 radical (unpaired) electrons. The van der Waals surface area contributed by atoms with Crippen LogP contribution in [0.4, 0.5) is 10.1 Å².